The Labute approximate surface area is 271 Å². The Morgan fingerprint density at radius 2 is 1.76 bits per heavy atom. The van der Waals surface area contributed by atoms with Crippen LogP contribution in [0.2, 0.25) is 0 Å². The summed E-state index contributed by atoms with van der Waals surface area (Å²) in [7, 11) is 0. The van der Waals surface area contributed by atoms with Crippen LogP contribution in [0.15, 0.2) is 79.9 Å². The van der Waals surface area contributed by atoms with Crippen LogP contribution in [0, 0.1) is 11.8 Å². The van der Waals surface area contributed by atoms with Gasteiger partial charge < -0.3 is 24.5 Å². The molecule has 5 rings (SSSR count). The van der Waals surface area contributed by atoms with Crippen LogP contribution in [0.5, 0.6) is 5.75 Å². The van der Waals surface area contributed by atoms with E-state index < -0.39 is 33.4 Å². The summed E-state index contributed by atoms with van der Waals surface area (Å²) in [6.45, 7) is 15.0. The van der Waals surface area contributed by atoms with Gasteiger partial charge in [0.15, 0.2) is 0 Å². The molecule has 1 spiro atoms. The standard InChI is InChI=1S/C36H45N3O5S/c1-6-21-37(23-25-13-11-10-12-14-25)34(43)31-36-20-19-35(5,45-36)29(30(36)33(42)39(31)26(8-3)24-40)32(41)38(22-7-2)27-15-17-28(18-16-27)44-9-4/h6-7,10-18,26,29-31,40H,1-2,8-9,19-24H2,3-5H3/t26-,29-,30-,31?,35+,36?/m0/s1. The zero-order chi connectivity index (χ0) is 32.4. The van der Waals surface area contributed by atoms with Gasteiger partial charge in [0.25, 0.3) is 0 Å². The van der Waals surface area contributed by atoms with Crippen molar-refractivity contribution in [3.63, 3.8) is 0 Å². The number of aliphatic hydroxyl groups is 1. The van der Waals surface area contributed by atoms with Crippen LogP contribution in [0.25, 0.3) is 0 Å². The quantitative estimate of drug-likeness (QED) is 0.293. The molecule has 1 N–H and O–H groups in total. The van der Waals surface area contributed by atoms with Gasteiger partial charge in [0, 0.05) is 30.1 Å². The fraction of sp³-hybridized carbons (Fsp3) is 0.472. The first-order chi connectivity index (χ1) is 21.7. The van der Waals surface area contributed by atoms with E-state index in [4.69, 9.17) is 4.74 Å². The van der Waals surface area contributed by atoms with Crippen molar-refractivity contribution < 1.29 is 24.2 Å². The minimum absolute atomic E-state index is 0.147. The molecule has 0 aromatic heterocycles. The molecule has 2 unspecified atom stereocenters. The van der Waals surface area contributed by atoms with E-state index in [2.05, 4.69) is 20.1 Å². The topological polar surface area (TPSA) is 90.4 Å². The highest BCUT2D eigenvalue weighted by molar-refractivity contribution is 8.02. The average molecular weight is 632 g/mol. The molecule has 3 aliphatic rings. The predicted octanol–water partition coefficient (Wildman–Crippen LogP) is 5.07. The summed E-state index contributed by atoms with van der Waals surface area (Å²) in [5.74, 6) is -1.15. The molecule has 3 saturated heterocycles. The first-order valence-electron chi connectivity index (χ1n) is 15.9. The molecule has 2 aromatic rings. The normalized spacial score (nSPS) is 27.2. The molecule has 3 aliphatic heterocycles. The summed E-state index contributed by atoms with van der Waals surface area (Å²) in [5, 5.41) is 10.5. The van der Waals surface area contributed by atoms with E-state index in [1.54, 1.807) is 38.6 Å². The third kappa shape index (κ3) is 5.69. The van der Waals surface area contributed by atoms with E-state index in [9.17, 15) is 19.5 Å². The number of fused-ring (bicyclic) bond motifs is 1. The van der Waals surface area contributed by atoms with E-state index in [0.717, 1.165) is 5.56 Å². The van der Waals surface area contributed by atoms with Gasteiger partial charge in [-0.05, 0) is 62.9 Å². The summed E-state index contributed by atoms with van der Waals surface area (Å²) in [4.78, 5) is 49.2. The van der Waals surface area contributed by atoms with Crippen LogP contribution < -0.4 is 9.64 Å². The fourth-order valence-corrected chi connectivity index (χ4v) is 10.0. The molecular formula is C36H45N3O5S. The number of likely N-dealkylation sites (tertiary alicyclic amines) is 1. The van der Waals surface area contributed by atoms with Gasteiger partial charge in [-0.1, -0.05) is 49.4 Å². The lowest BCUT2D eigenvalue weighted by Crippen LogP contribution is -2.57. The van der Waals surface area contributed by atoms with Crippen molar-refractivity contribution in [3.8, 4) is 5.75 Å². The maximum atomic E-state index is 14.8. The molecule has 2 bridgehead atoms. The second kappa shape index (κ2) is 13.4. The van der Waals surface area contributed by atoms with Crippen molar-refractivity contribution in [2.24, 2.45) is 11.8 Å². The van der Waals surface area contributed by atoms with Gasteiger partial charge in [0.2, 0.25) is 17.7 Å². The first-order valence-corrected chi connectivity index (χ1v) is 16.7. The number of benzene rings is 2. The van der Waals surface area contributed by atoms with Crippen molar-refractivity contribution in [2.75, 3.05) is 31.2 Å². The number of hydrogen-bond donors (Lipinski definition) is 1. The van der Waals surface area contributed by atoms with Gasteiger partial charge in [-0.2, -0.15) is 0 Å². The lowest BCUT2D eigenvalue weighted by Gasteiger charge is -2.39. The van der Waals surface area contributed by atoms with Gasteiger partial charge in [0.05, 0.1) is 35.8 Å². The number of anilines is 1. The van der Waals surface area contributed by atoms with Crippen LogP contribution in [-0.2, 0) is 20.9 Å². The van der Waals surface area contributed by atoms with Crippen LogP contribution in [0.3, 0.4) is 0 Å². The highest BCUT2D eigenvalue weighted by atomic mass is 32.2. The molecule has 240 valence electrons. The molecule has 2 aromatic carbocycles. The molecule has 0 saturated carbocycles. The molecule has 0 aliphatic carbocycles. The number of ether oxygens (including phenoxy) is 1. The SMILES string of the molecule is C=CCN(Cc1ccccc1)C(=O)C1N([C@@H](CC)CO)C(=O)[C@@H]2[C@@H](C(=O)N(CC=C)c3ccc(OCC)cc3)[C@@]3(C)CCC12S3. The maximum Gasteiger partial charge on any atom is 0.247 e. The Morgan fingerprint density at radius 1 is 1.07 bits per heavy atom. The highest BCUT2D eigenvalue weighted by Gasteiger charge is 2.78. The van der Waals surface area contributed by atoms with Gasteiger partial charge in [0.1, 0.15) is 11.8 Å². The monoisotopic (exact) mass is 631 g/mol. The number of aliphatic hydroxyl groups excluding tert-OH is 1. The molecule has 8 nitrogen and oxygen atoms in total. The van der Waals surface area contributed by atoms with Crippen LogP contribution in [-0.4, -0.2) is 80.5 Å². The Hall–Kier alpha value is -3.56. The smallest absolute Gasteiger partial charge is 0.247 e. The Kier molecular flexibility index (Phi) is 9.80. The second-order valence-corrected chi connectivity index (χ2v) is 14.3. The molecule has 0 radical (unpaired) electrons. The van der Waals surface area contributed by atoms with Crippen molar-refractivity contribution in [2.45, 2.75) is 68.2 Å². The Balaban J connectivity index is 1.56. The number of carbonyl (C=O) groups is 3. The predicted molar refractivity (Wildman–Crippen MR) is 179 cm³/mol. The number of carbonyl (C=O) groups excluding carboxylic acids is 3. The van der Waals surface area contributed by atoms with Crippen molar-refractivity contribution >= 4 is 35.2 Å². The maximum absolute atomic E-state index is 14.8. The molecule has 3 amide bonds. The minimum atomic E-state index is -0.807. The van der Waals surface area contributed by atoms with Crippen molar-refractivity contribution in [3.05, 3.63) is 85.5 Å². The largest absolute Gasteiger partial charge is 0.494 e. The minimum Gasteiger partial charge on any atom is -0.494 e. The molecule has 45 heavy (non-hydrogen) atoms. The lowest BCUT2D eigenvalue weighted by atomic mass is 9.66. The van der Waals surface area contributed by atoms with E-state index >= 15 is 0 Å². The summed E-state index contributed by atoms with van der Waals surface area (Å²) >= 11 is 1.64. The average Bonchev–Trinajstić information content (AvgIpc) is 3.61. The van der Waals surface area contributed by atoms with E-state index in [1.807, 2.05) is 68.4 Å². The number of amides is 3. The molecule has 3 fully saturated rings. The number of nitrogens with zero attached hydrogens (tertiary/aromatic N) is 3. The van der Waals surface area contributed by atoms with Crippen LogP contribution in [0.1, 0.15) is 45.6 Å². The van der Waals surface area contributed by atoms with Gasteiger partial charge in [-0.25, -0.2) is 0 Å². The first kappa shape index (κ1) is 32.8. The van der Waals surface area contributed by atoms with Crippen molar-refractivity contribution in [1.82, 2.24) is 9.80 Å². The third-order valence-corrected chi connectivity index (χ3v) is 11.7. The Bertz CT molecular complexity index is 1410. The second-order valence-electron chi connectivity index (χ2n) is 12.4. The Morgan fingerprint density at radius 3 is 2.36 bits per heavy atom. The molecular weight excluding hydrogens is 586 g/mol. The number of rotatable bonds is 14. The third-order valence-electron chi connectivity index (χ3n) is 9.70. The van der Waals surface area contributed by atoms with Gasteiger partial charge in [-0.3, -0.25) is 14.4 Å². The summed E-state index contributed by atoms with van der Waals surface area (Å²) < 4.78 is 4.29. The summed E-state index contributed by atoms with van der Waals surface area (Å²) in [6, 6.07) is 15.8. The number of thioether (sulfide) groups is 1. The number of hydrogen-bond acceptors (Lipinski definition) is 6. The van der Waals surface area contributed by atoms with Crippen LogP contribution >= 0.6 is 11.8 Å². The fourth-order valence-electron chi connectivity index (χ4n) is 7.70. The van der Waals surface area contributed by atoms with Gasteiger partial charge >= 0.3 is 0 Å². The highest BCUT2D eigenvalue weighted by Crippen LogP contribution is 2.72. The zero-order valence-electron chi connectivity index (χ0n) is 26.6. The van der Waals surface area contributed by atoms with E-state index in [-0.39, 0.29) is 30.9 Å². The van der Waals surface area contributed by atoms with E-state index in [0.29, 0.717) is 50.4 Å². The van der Waals surface area contributed by atoms with E-state index in [1.165, 1.54) is 0 Å². The molecule has 3 heterocycles. The summed E-state index contributed by atoms with van der Waals surface area (Å²) in [5.41, 5.74) is 1.68. The van der Waals surface area contributed by atoms with Crippen LogP contribution in [0.4, 0.5) is 5.69 Å². The molecule has 6 atom stereocenters. The van der Waals surface area contributed by atoms with Crippen molar-refractivity contribution in [1.29, 1.82) is 0 Å². The lowest BCUT2D eigenvalue weighted by molar-refractivity contribution is -0.146. The summed E-state index contributed by atoms with van der Waals surface area (Å²) in [6.07, 6.45) is 5.23. The van der Waals surface area contributed by atoms with Gasteiger partial charge in [-0.15, -0.1) is 24.9 Å². The molecule has 9 heteroatoms. The zero-order valence-corrected chi connectivity index (χ0v) is 27.4.